The molecule has 7 nitrogen and oxygen atoms in total. The van der Waals surface area contributed by atoms with Crippen LogP contribution in [0.5, 0.6) is 17.2 Å². The minimum Gasteiger partial charge on any atom is -0.493 e. The minimum absolute atomic E-state index is 0.292. The van der Waals surface area contributed by atoms with Crippen molar-refractivity contribution in [2.45, 2.75) is 31.5 Å². The number of benzene rings is 2. The summed E-state index contributed by atoms with van der Waals surface area (Å²) >= 11 is 0. The van der Waals surface area contributed by atoms with Crippen molar-refractivity contribution in [3.63, 3.8) is 0 Å². The summed E-state index contributed by atoms with van der Waals surface area (Å²) in [5.41, 5.74) is 0.270. The highest BCUT2D eigenvalue weighted by molar-refractivity contribution is 5.43. The van der Waals surface area contributed by atoms with Gasteiger partial charge < -0.3 is 23.9 Å². The zero-order valence-corrected chi connectivity index (χ0v) is 18.5. The van der Waals surface area contributed by atoms with Crippen LogP contribution in [0.1, 0.15) is 18.4 Å². The van der Waals surface area contributed by atoms with Gasteiger partial charge in [0.15, 0.2) is 11.5 Å². The average Bonchev–Trinajstić information content (AvgIpc) is 3.33. The van der Waals surface area contributed by atoms with Crippen LogP contribution >= 0.6 is 0 Å². The largest absolute Gasteiger partial charge is 0.493 e. The number of imidazole rings is 1. The van der Waals surface area contributed by atoms with E-state index in [0.29, 0.717) is 25.5 Å². The van der Waals surface area contributed by atoms with Crippen molar-refractivity contribution in [1.29, 1.82) is 0 Å². The molecule has 170 valence electrons. The minimum atomic E-state index is -0.853. The molecule has 1 aromatic heterocycles. The fourth-order valence-corrected chi connectivity index (χ4v) is 4.06. The Morgan fingerprint density at radius 2 is 1.97 bits per heavy atom. The van der Waals surface area contributed by atoms with Gasteiger partial charge in [-0.25, -0.2) is 4.98 Å². The molecule has 1 N–H and O–H groups in total. The first-order valence-corrected chi connectivity index (χ1v) is 11.0. The summed E-state index contributed by atoms with van der Waals surface area (Å²) in [6.45, 7) is 3.80. The molecule has 3 aromatic rings. The van der Waals surface area contributed by atoms with Crippen molar-refractivity contribution < 1.29 is 19.3 Å². The summed E-state index contributed by atoms with van der Waals surface area (Å²) in [5, 5.41) is 11.1. The molecular formula is C25H31N3O4. The van der Waals surface area contributed by atoms with Crippen LogP contribution < -0.4 is 14.2 Å². The molecule has 1 atom stereocenters. The Morgan fingerprint density at radius 3 is 2.75 bits per heavy atom. The number of methoxy groups -OCH3 is 1. The standard InChI is InChI=1S/C25H31N3O4/c1-30-24-16-21(8-9-23(24)31-15-14-27-13-11-26-20-27)17-28-12-5-10-25(29,18-28)19-32-22-6-3-2-4-7-22/h2-4,6-9,11,13,16,20,29H,5,10,12,14-15,17-19H2,1H3/t25-/m1/s1. The highest BCUT2D eigenvalue weighted by atomic mass is 16.5. The third-order valence-electron chi connectivity index (χ3n) is 5.69. The number of aliphatic hydroxyl groups is 1. The maximum absolute atomic E-state index is 11.1. The smallest absolute Gasteiger partial charge is 0.161 e. The van der Waals surface area contributed by atoms with Gasteiger partial charge in [0.1, 0.15) is 24.6 Å². The van der Waals surface area contributed by atoms with E-state index in [9.17, 15) is 5.11 Å². The van der Waals surface area contributed by atoms with Gasteiger partial charge in [-0.05, 0) is 49.2 Å². The van der Waals surface area contributed by atoms with Crippen LogP contribution in [0.2, 0.25) is 0 Å². The maximum atomic E-state index is 11.1. The Kier molecular flexibility index (Phi) is 7.29. The Morgan fingerprint density at radius 1 is 1.09 bits per heavy atom. The monoisotopic (exact) mass is 437 g/mol. The van der Waals surface area contributed by atoms with E-state index in [-0.39, 0.29) is 0 Å². The number of para-hydroxylation sites is 1. The van der Waals surface area contributed by atoms with Crippen LogP contribution in [0.3, 0.4) is 0 Å². The second kappa shape index (κ2) is 10.5. The van der Waals surface area contributed by atoms with Gasteiger partial charge in [0.2, 0.25) is 0 Å². The summed E-state index contributed by atoms with van der Waals surface area (Å²) in [5.74, 6) is 2.22. The van der Waals surface area contributed by atoms with E-state index in [1.165, 1.54) is 0 Å². The average molecular weight is 438 g/mol. The topological polar surface area (TPSA) is 69.0 Å². The molecule has 4 rings (SSSR count). The number of aromatic nitrogens is 2. The van der Waals surface area contributed by atoms with Gasteiger partial charge in [0.05, 0.1) is 20.0 Å². The Labute approximate surface area is 189 Å². The highest BCUT2D eigenvalue weighted by Gasteiger charge is 2.34. The molecular weight excluding hydrogens is 406 g/mol. The summed E-state index contributed by atoms with van der Waals surface area (Å²) in [6.07, 6.45) is 7.11. The molecule has 1 fully saturated rings. The van der Waals surface area contributed by atoms with Gasteiger partial charge in [0.25, 0.3) is 0 Å². The van der Waals surface area contributed by atoms with Crippen LogP contribution in [0, 0.1) is 0 Å². The lowest BCUT2D eigenvalue weighted by molar-refractivity contribution is -0.0621. The molecule has 0 spiro atoms. The maximum Gasteiger partial charge on any atom is 0.161 e. The number of piperidine rings is 1. The normalized spacial score (nSPS) is 18.9. The molecule has 2 heterocycles. The second-order valence-electron chi connectivity index (χ2n) is 8.27. The van der Waals surface area contributed by atoms with Crippen molar-refractivity contribution in [2.75, 3.05) is 33.4 Å². The SMILES string of the molecule is COc1cc(CN2CCC[C@](O)(COc3ccccc3)C2)ccc1OCCn1ccnc1. The van der Waals surface area contributed by atoms with Crippen LogP contribution in [-0.2, 0) is 13.1 Å². The van der Waals surface area contributed by atoms with Gasteiger partial charge in [-0.3, -0.25) is 4.90 Å². The second-order valence-corrected chi connectivity index (χ2v) is 8.27. The van der Waals surface area contributed by atoms with E-state index in [4.69, 9.17) is 14.2 Å². The molecule has 2 aromatic carbocycles. The third-order valence-corrected chi connectivity index (χ3v) is 5.69. The Bertz CT molecular complexity index is 965. The first-order chi connectivity index (χ1) is 15.6. The Balaban J connectivity index is 1.32. The van der Waals surface area contributed by atoms with E-state index in [1.54, 1.807) is 19.6 Å². The molecule has 0 saturated carbocycles. The molecule has 1 saturated heterocycles. The summed E-state index contributed by atoms with van der Waals surface area (Å²) < 4.78 is 19.3. The number of nitrogens with zero attached hydrogens (tertiary/aromatic N) is 3. The van der Waals surface area contributed by atoms with Crippen molar-refractivity contribution in [3.8, 4) is 17.2 Å². The lowest BCUT2D eigenvalue weighted by atomic mass is 9.93. The molecule has 32 heavy (non-hydrogen) atoms. The van der Waals surface area contributed by atoms with Crippen molar-refractivity contribution >= 4 is 0 Å². The molecule has 0 unspecified atom stereocenters. The zero-order chi connectivity index (χ0) is 22.2. The number of ether oxygens (including phenoxy) is 3. The fraction of sp³-hybridized carbons (Fsp3) is 0.400. The quantitative estimate of drug-likeness (QED) is 0.525. The van der Waals surface area contributed by atoms with E-state index < -0.39 is 5.60 Å². The Hall–Kier alpha value is -3.03. The molecule has 0 bridgehead atoms. The lowest BCUT2D eigenvalue weighted by Gasteiger charge is -2.39. The van der Waals surface area contributed by atoms with Crippen molar-refractivity contribution in [2.24, 2.45) is 0 Å². The van der Waals surface area contributed by atoms with Crippen molar-refractivity contribution in [3.05, 3.63) is 72.8 Å². The predicted octanol–water partition coefficient (Wildman–Crippen LogP) is 3.38. The van der Waals surface area contributed by atoms with Crippen LogP contribution in [0.15, 0.2) is 67.3 Å². The van der Waals surface area contributed by atoms with Gasteiger partial charge in [-0.2, -0.15) is 0 Å². The zero-order valence-electron chi connectivity index (χ0n) is 18.5. The number of likely N-dealkylation sites (tertiary alicyclic amines) is 1. The van der Waals surface area contributed by atoms with Gasteiger partial charge in [-0.15, -0.1) is 0 Å². The predicted molar refractivity (Wildman–Crippen MR) is 122 cm³/mol. The van der Waals surface area contributed by atoms with E-state index in [2.05, 4.69) is 16.0 Å². The van der Waals surface area contributed by atoms with Crippen LogP contribution in [0.25, 0.3) is 0 Å². The molecule has 1 aliphatic heterocycles. The fourth-order valence-electron chi connectivity index (χ4n) is 4.06. The van der Waals surface area contributed by atoms with Crippen LogP contribution in [0.4, 0.5) is 0 Å². The number of β-amino-alcohol motifs (C(OH)–C–C–N with tert-alkyl or cyclic N) is 1. The van der Waals surface area contributed by atoms with E-state index in [0.717, 1.165) is 49.5 Å². The van der Waals surface area contributed by atoms with Gasteiger partial charge in [0, 0.05) is 25.5 Å². The molecule has 1 aliphatic rings. The van der Waals surface area contributed by atoms with Gasteiger partial charge in [-0.1, -0.05) is 24.3 Å². The summed E-state index contributed by atoms with van der Waals surface area (Å²) in [7, 11) is 1.66. The summed E-state index contributed by atoms with van der Waals surface area (Å²) in [6, 6.07) is 15.7. The number of rotatable bonds is 10. The highest BCUT2D eigenvalue weighted by Crippen LogP contribution is 2.30. The lowest BCUT2D eigenvalue weighted by Crippen LogP contribution is -2.51. The summed E-state index contributed by atoms with van der Waals surface area (Å²) in [4.78, 5) is 6.31. The third kappa shape index (κ3) is 6.02. The number of hydrogen-bond donors (Lipinski definition) is 1. The molecule has 7 heteroatoms. The molecule has 0 aliphatic carbocycles. The first kappa shape index (κ1) is 22.2. The first-order valence-electron chi connectivity index (χ1n) is 11.0. The van der Waals surface area contributed by atoms with Crippen LogP contribution in [-0.4, -0.2) is 58.6 Å². The van der Waals surface area contributed by atoms with E-state index >= 15 is 0 Å². The number of hydrogen-bond acceptors (Lipinski definition) is 6. The van der Waals surface area contributed by atoms with Gasteiger partial charge >= 0.3 is 0 Å². The van der Waals surface area contributed by atoms with Crippen molar-refractivity contribution in [1.82, 2.24) is 14.5 Å². The molecule has 0 amide bonds. The van der Waals surface area contributed by atoms with E-state index in [1.807, 2.05) is 53.2 Å². The molecule has 0 radical (unpaired) electrons.